The highest BCUT2D eigenvalue weighted by molar-refractivity contribution is 5.89. The molecular weight excluding hydrogens is 224 g/mol. The molecule has 0 unspecified atom stereocenters. The Kier molecular flexibility index (Phi) is 3.24. The van der Waals surface area contributed by atoms with Crippen LogP contribution >= 0.6 is 0 Å². The summed E-state index contributed by atoms with van der Waals surface area (Å²) in [6, 6.07) is 7.94. The smallest absolute Gasteiger partial charge is 0.136 e. The number of furan rings is 1. The molecule has 1 aliphatic rings. The van der Waals surface area contributed by atoms with Gasteiger partial charge in [-0.15, -0.1) is 0 Å². The molecule has 2 aromatic rings. The number of nitrogens with zero attached hydrogens (tertiary/aromatic N) is 1. The molecular formula is C15H20N2O. The van der Waals surface area contributed by atoms with Crippen molar-refractivity contribution in [2.75, 3.05) is 18.8 Å². The van der Waals surface area contributed by atoms with Crippen molar-refractivity contribution >= 4 is 16.7 Å². The van der Waals surface area contributed by atoms with Gasteiger partial charge in [0.25, 0.3) is 0 Å². The van der Waals surface area contributed by atoms with E-state index in [4.69, 9.17) is 10.2 Å². The molecule has 1 aromatic carbocycles. The maximum Gasteiger partial charge on any atom is 0.136 e. The first-order valence-electron chi connectivity index (χ1n) is 6.82. The van der Waals surface area contributed by atoms with Crippen LogP contribution in [0.25, 0.3) is 11.0 Å². The first kappa shape index (κ1) is 11.6. The number of rotatable bonds is 2. The molecule has 1 aromatic heterocycles. The van der Waals surface area contributed by atoms with Crippen molar-refractivity contribution in [2.45, 2.75) is 32.2 Å². The lowest BCUT2D eigenvalue weighted by molar-refractivity contribution is 0.256. The fourth-order valence-electron chi connectivity index (χ4n) is 2.73. The summed E-state index contributed by atoms with van der Waals surface area (Å²) in [5.74, 6) is 1.03. The molecule has 0 spiro atoms. The maximum atomic E-state index is 5.95. The van der Waals surface area contributed by atoms with E-state index in [9.17, 15) is 0 Å². The topological polar surface area (TPSA) is 42.4 Å². The molecule has 3 rings (SSSR count). The molecule has 18 heavy (non-hydrogen) atoms. The van der Waals surface area contributed by atoms with Crippen molar-refractivity contribution in [2.24, 2.45) is 0 Å². The van der Waals surface area contributed by atoms with E-state index in [1.54, 1.807) is 0 Å². The van der Waals surface area contributed by atoms with E-state index in [1.807, 2.05) is 18.2 Å². The lowest BCUT2D eigenvalue weighted by Crippen LogP contribution is -2.23. The summed E-state index contributed by atoms with van der Waals surface area (Å²) in [4.78, 5) is 2.49. The molecule has 0 saturated carbocycles. The zero-order valence-electron chi connectivity index (χ0n) is 10.7. The monoisotopic (exact) mass is 244 g/mol. The van der Waals surface area contributed by atoms with E-state index >= 15 is 0 Å². The Bertz CT molecular complexity index is 524. The fourth-order valence-corrected chi connectivity index (χ4v) is 2.73. The summed E-state index contributed by atoms with van der Waals surface area (Å²) in [7, 11) is 0. The molecule has 0 aliphatic carbocycles. The first-order valence-corrected chi connectivity index (χ1v) is 6.82. The Balaban J connectivity index is 1.79. The second kappa shape index (κ2) is 5.02. The molecule has 3 heteroatoms. The SMILES string of the molecule is Nc1cccc2oc(CN3CCCCCC3)cc12. The molecule has 0 radical (unpaired) electrons. The first-order chi connectivity index (χ1) is 8.83. The van der Waals surface area contributed by atoms with Crippen molar-refractivity contribution < 1.29 is 4.42 Å². The third-order valence-corrected chi connectivity index (χ3v) is 3.72. The number of anilines is 1. The van der Waals surface area contributed by atoms with Crippen molar-refractivity contribution in [3.63, 3.8) is 0 Å². The van der Waals surface area contributed by atoms with E-state index in [0.717, 1.165) is 29.0 Å². The van der Waals surface area contributed by atoms with Gasteiger partial charge in [-0.2, -0.15) is 0 Å². The van der Waals surface area contributed by atoms with Crippen LogP contribution in [-0.4, -0.2) is 18.0 Å². The number of hydrogen-bond donors (Lipinski definition) is 1. The summed E-state index contributed by atoms with van der Waals surface area (Å²) in [6.45, 7) is 3.28. The second-order valence-corrected chi connectivity index (χ2v) is 5.16. The second-order valence-electron chi connectivity index (χ2n) is 5.16. The highest BCUT2D eigenvalue weighted by Gasteiger charge is 2.12. The number of hydrogen-bond acceptors (Lipinski definition) is 3. The van der Waals surface area contributed by atoms with Crippen LogP contribution in [-0.2, 0) is 6.54 Å². The van der Waals surface area contributed by atoms with Crippen LogP contribution in [0.4, 0.5) is 5.69 Å². The number of benzene rings is 1. The predicted molar refractivity (Wildman–Crippen MR) is 74.4 cm³/mol. The Morgan fingerprint density at radius 3 is 2.61 bits per heavy atom. The number of nitrogen functional groups attached to an aromatic ring is 1. The molecule has 3 nitrogen and oxygen atoms in total. The van der Waals surface area contributed by atoms with Gasteiger partial charge in [0.1, 0.15) is 11.3 Å². The number of likely N-dealkylation sites (tertiary alicyclic amines) is 1. The summed E-state index contributed by atoms with van der Waals surface area (Å²) in [5.41, 5.74) is 7.66. The van der Waals surface area contributed by atoms with Gasteiger partial charge in [0, 0.05) is 11.1 Å². The molecule has 96 valence electrons. The minimum absolute atomic E-state index is 0.804. The minimum atomic E-state index is 0.804. The highest BCUT2D eigenvalue weighted by atomic mass is 16.3. The van der Waals surface area contributed by atoms with Crippen molar-refractivity contribution in [3.8, 4) is 0 Å². The average Bonchev–Trinajstić information content (AvgIpc) is 2.60. The zero-order chi connectivity index (χ0) is 12.4. The van der Waals surface area contributed by atoms with Crippen LogP contribution in [0.3, 0.4) is 0 Å². The van der Waals surface area contributed by atoms with E-state index < -0.39 is 0 Å². The van der Waals surface area contributed by atoms with Crippen LogP contribution in [0, 0.1) is 0 Å². The third kappa shape index (κ3) is 2.36. The highest BCUT2D eigenvalue weighted by Crippen LogP contribution is 2.25. The predicted octanol–water partition coefficient (Wildman–Crippen LogP) is 3.39. The van der Waals surface area contributed by atoms with Gasteiger partial charge in [-0.1, -0.05) is 18.9 Å². The van der Waals surface area contributed by atoms with Gasteiger partial charge in [-0.05, 0) is 44.1 Å². The Morgan fingerprint density at radius 1 is 1.11 bits per heavy atom. The van der Waals surface area contributed by atoms with E-state index in [0.29, 0.717) is 0 Å². The zero-order valence-corrected chi connectivity index (χ0v) is 10.7. The molecule has 1 aliphatic heterocycles. The summed E-state index contributed by atoms with van der Waals surface area (Å²) >= 11 is 0. The van der Waals surface area contributed by atoms with E-state index in [-0.39, 0.29) is 0 Å². The number of fused-ring (bicyclic) bond motifs is 1. The lowest BCUT2D eigenvalue weighted by atomic mass is 10.2. The Hall–Kier alpha value is -1.48. The fraction of sp³-hybridized carbons (Fsp3) is 0.467. The minimum Gasteiger partial charge on any atom is -0.460 e. The standard InChI is InChI=1S/C15H20N2O/c16-14-6-5-7-15-13(14)10-12(18-15)11-17-8-3-1-2-4-9-17/h5-7,10H,1-4,8-9,11,16H2. The quantitative estimate of drug-likeness (QED) is 0.823. The van der Waals surface area contributed by atoms with Crippen LogP contribution in [0.2, 0.25) is 0 Å². The molecule has 0 bridgehead atoms. The van der Waals surface area contributed by atoms with Crippen molar-refractivity contribution in [1.82, 2.24) is 4.90 Å². The van der Waals surface area contributed by atoms with Crippen molar-refractivity contribution in [3.05, 3.63) is 30.0 Å². The van der Waals surface area contributed by atoms with Crippen LogP contribution in [0.5, 0.6) is 0 Å². The molecule has 2 N–H and O–H groups in total. The van der Waals surface area contributed by atoms with Crippen LogP contribution < -0.4 is 5.73 Å². The van der Waals surface area contributed by atoms with Crippen molar-refractivity contribution in [1.29, 1.82) is 0 Å². The van der Waals surface area contributed by atoms with Crippen LogP contribution in [0.1, 0.15) is 31.4 Å². The average molecular weight is 244 g/mol. The van der Waals surface area contributed by atoms with Gasteiger partial charge >= 0.3 is 0 Å². The van der Waals surface area contributed by atoms with Crippen LogP contribution in [0.15, 0.2) is 28.7 Å². The van der Waals surface area contributed by atoms with E-state index in [1.165, 1.54) is 38.8 Å². The molecule has 2 heterocycles. The summed E-state index contributed by atoms with van der Waals surface area (Å²) < 4.78 is 5.87. The van der Waals surface area contributed by atoms with Gasteiger partial charge in [-0.3, -0.25) is 4.90 Å². The lowest BCUT2D eigenvalue weighted by Gasteiger charge is -2.17. The summed E-state index contributed by atoms with van der Waals surface area (Å²) in [5, 5.41) is 1.04. The Morgan fingerprint density at radius 2 is 1.89 bits per heavy atom. The Labute approximate surface area is 108 Å². The van der Waals surface area contributed by atoms with Gasteiger partial charge in [0.15, 0.2) is 0 Å². The molecule has 1 saturated heterocycles. The molecule has 0 amide bonds. The van der Waals surface area contributed by atoms with Gasteiger partial charge in [0.05, 0.1) is 6.54 Å². The van der Waals surface area contributed by atoms with Gasteiger partial charge in [-0.25, -0.2) is 0 Å². The third-order valence-electron chi connectivity index (χ3n) is 3.72. The van der Waals surface area contributed by atoms with Gasteiger partial charge in [0.2, 0.25) is 0 Å². The molecule has 1 fully saturated rings. The summed E-state index contributed by atoms with van der Waals surface area (Å²) in [6.07, 6.45) is 5.35. The normalized spacial score (nSPS) is 18.0. The largest absolute Gasteiger partial charge is 0.460 e. The maximum absolute atomic E-state index is 5.95. The van der Waals surface area contributed by atoms with E-state index in [2.05, 4.69) is 11.0 Å². The number of nitrogens with two attached hydrogens (primary N) is 1. The van der Waals surface area contributed by atoms with Gasteiger partial charge < -0.3 is 10.2 Å². The molecule has 0 atom stereocenters.